The Morgan fingerprint density at radius 3 is 2.45 bits per heavy atom. The van der Waals surface area contributed by atoms with E-state index in [1.54, 1.807) is 43.4 Å². The first-order valence-corrected chi connectivity index (χ1v) is 10.2. The van der Waals surface area contributed by atoms with Crippen molar-refractivity contribution in [3.63, 3.8) is 0 Å². The zero-order valence-electron chi connectivity index (χ0n) is 16.6. The van der Waals surface area contributed by atoms with Gasteiger partial charge in [-0.15, -0.1) is 0 Å². The van der Waals surface area contributed by atoms with Gasteiger partial charge in [-0.1, -0.05) is 29.8 Å². The molecule has 0 fully saturated rings. The first-order valence-electron chi connectivity index (χ1n) is 8.77. The lowest BCUT2D eigenvalue weighted by atomic mass is 10.2. The molecular weight excluding hydrogens is 392 g/mol. The molecule has 29 heavy (non-hydrogen) atoms. The maximum atomic E-state index is 13.1. The van der Waals surface area contributed by atoms with E-state index in [2.05, 4.69) is 10.4 Å². The summed E-state index contributed by atoms with van der Waals surface area (Å²) in [6.45, 7) is 1.88. The quantitative estimate of drug-likeness (QED) is 0.669. The van der Waals surface area contributed by atoms with Crippen molar-refractivity contribution in [2.75, 3.05) is 23.8 Å². The van der Waals surface area contributed by atoms with Gasteiger partial charge < -0.3 is 10.1 Å². The summed E-state index contributed by atoms with van der Waals surface area (Å²) in [5.41, 5.74) is 1.54. The average Bonchev–Trinajstić information content (AvgIpc) is 3.09. The summed E-state index contributed by atoms with van der Waals surface area (Å²) < 4.78 is 33.8. The molecular formula is C20H22N4O4S. The van der Waals surface area contributed by atoms with Gasteiger partial charge in [-0.05, 0) is 31.2 Å². The number of carbonyl (C=O) groups is 1. The van der Waals surface area contributed by atoms with Crippen LogP contribution in [0.5, 0.6) is 5.75 Å². The van der Waals surface area contributed by atoms with Crippen molar-refractivity contribution in [2.45, 2.75) is 11.8 Å². The molecule has 0 saturated carbocycles. The second-order valence-electron chi connectivity index (χ2n) is 6.45. The largest absolute Gasteiger partial charge is 0.495 e. The number of nitrogens with one attached hydrogen (secondary N) is 1. The van der Waals surface area contributed by atoms with Crippen LogP contribution in [0.15, 0.2) is 59.6 Å². The Morgan fingerprint density at radius 2 is 1.79 bits per heavy atom. The summed E-state index contributed by atoms with van der Waals surface area (Å²) in [5, 5.41) is 6.83. The zero-order chi connectivity index (χ0) is 21.2. The van der Waals surface area contributed by atoms with Crippen molar-refractivity contribution >= 4 is 27.4 Å². The molecule has 0 atom stereocenters. The molecule has 0 radical (unpaired) electrons. The number of carbonyl (C=O) groups excluding carboxylic acids is 1. The molecule has 3 aromatic rings. The molecule has 1 N–H and O–H groups in total. The first kappa shape index (κ1) is 20.4. The molecule has 0 aliphatic carbocycles. The van der Waals surface area contributed by atoms with Crippen molar-refractivity contribution < 1.29 is 17.9 Å². The lowest BCUT2D eigenvalue weighted by Crippen LogP contribution is -2.30. The number of anilines is 2. The van der Waals surface area contributed by atoms with Gasteiger partial charge in [0, 0.05) is 14.1 Å². The minimum absolute atomic E-state index is 0.122. The maximum absolute atomic E-state index is 13.1. The fourth-order valence-corrected chi connectivity index (χ4v) is 4.12. The van der Waals surface area contributed by atoms with E-state index in [0.717, 1.165) is 9.87 Å². The normalized spacial score (nSPS) is 11.2. The number of aromatic nitrogens is 2. The Labute approximate surface area is 169 Å². The number of benzene rings is 2. The number of para-hydroxylation sites is 2. The lowest BCUT2D eigenvalue weighted by molar-refractivity contribution is 0.102. The van der Waals surface area contributed by atoms with Crippen molar-refractivity contribution in [1.82, 2.24) is 9.78 Å². The summed E-state index contributed by atoms with van der Waals surface area (Å²) >= 11 is 0. The number of amides is 1. The van der Waals surface area contributed by atoms with Crippen LogP contribution >= 0.6 is 0 Å². The summed E-state index contributed by atoms with van der Waals surface area (Å²) in [5.74, 6) is 0.147. The number of hydrogen-bond acceptors (Lipinski definition) is 5. The summed E-state index contributed by atoms with van der Waals surface area (Å²) in [6.07, 6.45) is 1.33. The van der Waals surface area contributed by atoms with E-state index in [-0.39, 0.29) is 16.3 Å². The molecule has 152 valence electrons. The molecule has 1 heterocycles. The molecule has 1 aromatic heterocycles. The van der Waals surface area contributed by atoms with E-state index in [0.29, 0.717) is 11.4 Å². The van der Waals surface area contributed by atoms with Gasteiger partial charge in [-0.3, -0.25) is 13.8 Å². The third-order valence-electron chi connectivity index (χ3n) is 4.48. The Kier molecular flexibility index (Phi) is 5.60. The lowest BCUT2D eigenvalue weighted by Gasteiger charge is -2.21. The minimum atomic E-state index is -3.88. The third-order valence-corrected chi connectivity index (χ3v) is 6.25. The Morgan fingerprint density at radius 1 is 1.14 bits per heavy atom. The van der Waals surface area contributed by atoms with Crippen LogP contribution in [0.2, 0.25) is 0 Å². The van der Waals surface area contributed by atoms with Gasteiger partial charge >= 0.3 is 0 Å². The monoisotopic (exact) mass is 414 g/mol. The SMILES string of the molecule is COc1ccccc1NC(=O)c1cnn(C)c1N(C)S(=O)(=O)c1ccc(C)cc1. The summed E-state index contributed by atoms with van der Waals surface area (Å²) in [7, 11) is 0.602. The first-order chi connectivity index (χ1) is 13.8. The van der Waals surface area contributed by atoms with E-state index in [9.17, 15) is 13.2 Å². The van der Waals surface area contributed by atoms with Crippen molar-refractivity contribution in [3.8, 4) is 5.75 Å². The highest BCUT2D eigenvalue weighted by atomic mass is 32.2. The average molecular weight is 414 g/mol. The Bertz CT molecular complexity index is 1140. The number of sulfonamides is 1. The second-order valence-corrected chi connectivity index (χ2v) is 8.41. The smallest absolute Gasteiger partial charge is 0.265 e. The minimum Gasteiger partial charge on any atom is -0.495 e. The van der Waals surface area contributed by atoms with Gasteiger partial charge in [0.05, 0.1) is 23.9 Å². The topological polar surface area (TPSA) is 93.5 Å². The molecule has 3 rings (SSSR count). The van der Waals surface area contributed by atoms with Crippen molar-refractivity contribution in [1.29, 1.82) is 0 Å². The van der Waals surface area contributed by atoms with Gasteiger partial charge in [-0.2, -0.15) is 5.10 Å². The van der Waals surface area contributed by atoms with Crippen LogP contribution in [0, 0.1) is 6.92 Å². The van der Waals surface area contributed by atoms with Gasteiger partial charge in [-0.25, -0.2) is 8.42 Å². The molecule has 9 heteroatoms. The number of hydrogen-bond donors (Lipinski definition) is 1. The van der Waals surface area contributed by atoms with E-state index in [1.165, 1.54) is 37.2 Å². The predicted octanol–water partition coefficient (Wildman–Crippen LogP) is 2.81. The molecule has 0 unspecified atom stereocenters. The zero-order valence-corrected chi connectivity index (χ0v) is 17.4. The number of aryl methyl sites for hydroxylation is 2. The van der Waals surface area contributed by atoms with Crippen LogP contribution in [0.3, 0.4) is 0 Å². The van der Waals surface area contributed by atoms with Gasteiger partial charge in [0.2, 0.25) is 0 Å². The van der Waals surface area contributed by atoms with E-state index in [1.807, 2.05) is 6.92 Å². The summed E-state index contributed by atoms with van der Waals surface area (Å²) in [6, 6.07) is 13.5. The fraction of sp³-hybridized carbons (Fsp3) is 0.200. The molecule has 1 amide bonds. The van der Waals surface area contributed by atoms with Crippen molar-refractivity contribution in [2.24, 2.45) is 7.05 Å². The van der Waals surface area contributed by atoms with E-state index in [4.69, 9.17) is 4.74 Å². The molecule has 0 bridgehead atoms. The predicted molar refractivity (Wildman–Crippen MR) is 111 cm³/mol. The molecule has 0 aliphatic heterocycles. The number of ether oxygens (including phenoxy) is 1. The number of nitrogens with zero attached hydrogens (tertiary/aromatic N) is 3. The van der Waals surface area contributed by atoms with Crippen LogP contribution < -0.4 is 14.4 Å². The highest BCUT2D eigenvalue weighted by Gasteiger charge is 2.28. The van der Waals surface area contributed by atoms with E-state index >= 15 is 0 Å². The molecule has 0 saturated heterocycles. The highest BCUT2D eigenvalue weighted by Crippen LogP contribution is 2.28. The molecule has 8 nitrogen and oxygen atoms in total. The Hall–Kier alpha value is -3.33. The van der Waals surface area contributed by atoms with E-state index < -0.39 is 15.9 Å². The van der Waals surface area contributed by atoms with Gasteiger partial charge in [0.1, 0.15) is 11.3 Å². The molecule has 0 spiro atoms. The van der Waals surface area contributed by atoms with Crippen LogP contribution in [-0.4, -0.2) is 38.3 Å². The Balaban J connectivity index is 1.96. The molecule has 0 aliphatic rings. The third kappa shape index (κ3) is 3.95. The van der Waals surface area contributed by atoms with Crippen LogP contribution in [0.4, 0.5) is 11.5 Å². The standard InChI is InChI=1S/C20H22N4O4S/c1-14-9-11-15(12-10-14)29(26,27)24(3)20-16(13-21-23(20)2)19(25)22-17-7-5-6-8-18(17)28-4/h5-13H,1-4H3,(H,22,25). The summed E-state index contributed by atoms with van der Waals surface area (Å²) in [4.78, 5) is 13.0. The highest BCUT2D eigenvalue weighted by molar-refractivity contribution is 7.92. The number of methoxy groups -OCH3 is 1. The van der Waals surface area contributed by atoms with Crippen LogP contribution in [0.1, 0.15) is 15.9 Å². The number of rotatable bonds is 6. The van der Waals surface area contributed by atoms with Gasteiger partial charge in [0.25, 0.3) is 15.9 Å². The maximum Gasteiger partial charge on any atom is 0.265 e. The van der Waals surface area contributed by atoms with Gasteiger partial charge in [0.15, 0.2) is 5.82 Å². The van der Waals surface area contributed by atoms with Crippen molar-refractivity contribution in [3.05, 3.63) is 65.9 Å². The second kappa shape index (κ2) is 7.96. The van der Waals surface area contributed by atoms with Crippen LogP contribution in [-0.2, 0) is 17.1 Å². The fourth-order valence-electron chi connectivity index (χ4n) is 2.88. The molecule has 2 aromatic carbocycles. The van der Waals surface area contributed by atoms with Crippen LogP contribution in [0.25, 0.3) is 0 Å².